The van der Waals surface area contributed by atoms with E-state index in [4.69, 9.17) is 4.74 Å². The third-order valence-corrected chi connectivity index (χ3v) is 5.73. The number of rotatable bonds is 4. The van der Waals surface area contributed by atoms with E-state index in [-0.39, 0.29) is 28.9 Å². The van der Waals surface area contributed by atoms with E-state index in [0.29, 0.717) is 11.3 Å². The van der Waals surface area contributed by atoms with E-state index in [1.165, 1.54) is 23.1 Å². The molecule has 0 saturated carbocycles. The van der Waals surface area contributed by atoms with E-state index >= 15 is 0 Å². The Morgan fingerprint density at radius 2 is 2.03 bits per heavy atom. The number of para-hydroxylation sites is 1. The maximum atomic E-state index is 14.1. The zero-order valence-electron chi connectivity index (χ0n) is 15.1. The Morgan fingerprint density at radius 1 is 1.24 bits per heavy atom. The van der Waals surface area contributed by atoms with Gasteiger partial charge in [-0.15, -0.1) is 0 Å². The Hall–Kier alpha value is -2.52. The van der Waals surface area contributed by atoms with Crippen LogP contribution in [-0.2, 0) is 10.9 Å². The van der Waals surface area contributed by atoms with Gasteiger partial charge in [0.15, 0.2) is 5.13 Å². The minimum atomic E-state index is -4.56. The van der Waals surface area contributed by atoms with Gasteiger partial charge in [0.2, 0.25) is 0 Å². The van der Waals surface area contributed by atoms with Crippen LogP contribution in [0.1, 0.15) is 28.8 Å². The quantitative estimate of drug-likeness (QED) is 0.535. The average molecular weight is 424 g/mol. The van der Waals surface area contributed by atoms with Crippen molar-refractivity contribution < 1.29 is 27.1 Å². The van der Waals surface area contributed by atoms with Crippen molar-refractivity contribution in [2.24, 2.45) is 0 Å². The fourth-order valence-corrected chi connectivity index (χ4v) is 4.23. The number of carbonyl (C=O) groups excluding carboxylic acids is 1. The first-order valence-corrected chi connectivity index (χ1v) is 9.80. The Labute approximate surface area is 167 Å². The third-order valence-electron chi connectivity index (χ3n) is 4.68. The second kappa shape index (κ2) is 7.72. The lowest BCUT2D eigenvalue weighted by molar-refractivity contribution is -0.137. The van der Waals surface area contributed by atoms with E-state index in [1.807, 2.05) is 0 Å². The number of ether oxygens (including phenoxy) is 1. The number of carbonyl (C=O) groups is 1. The molecule has 1 saturated heterocycles. The molecule has 29 heavy (non-hydrogen) atoms. The van der Waals surface area contributed by atoms with E-state index in [1.54, 1.807) is 12.1 Å². The van der Waals surface area contributed by atoms with Gasteiger partial charge in [-0.1, -0.05) is 23.5 Å². The molecule has 0 bridgehead atoms. The summed E-state index contributed by atoms with van der Waals surface area (Å²) in [6.07, 6.45) is -3.24. The van der Waals surface area contributed by atoms with Gasteiger partial charge in [-0.2, -0.15) is 13.2 Å². The zero-order valence-corrected chi connectivity index (χ0v) is 15.9. The molecule has 2 heterocycles. The highest BCUT2D eigenvalue weighted by Crippen LogP contribution is 2.33. The number of alkyl halides is 3. The van der Waals surface area contributed by atoms with Gasteiger partial charge in [0, 0.05) is 12.2 Å². The number of halogens is 4. The first kappa shape index (κ1) is 19.8. The van der Waals surface area contributed by atoms with Gasteiger partial charge in [-0.25, -0.2) is 9.37 Å². The summed E-state index contributed by atoms with van der Waals surface area (Å²) in [5.41, 5.74) is -0.894. The number of amides is 1. The minimum Gasteiger partial charge on any atom is -0.376 e. The van der Waals surface area contributed by atoms with Crippen LogP contribution in [0.5, 0.6) is 0 Å². The largest absolute Gasteiger partial charge is 0.416 e. The summed E-state index contributed by atoms with van der Waals surface area (Å²) in [4.78, 5) is 18.7. The Bertz CT molecular complexity index is 1040. The lowest BCUT2D eigenvalue weighted by Crippen LogP contribution is -2.37. The number of benzene rings is 2. The maximum Gasteiger partial charge on any atom is 0.416 e. The van der Waals surface area contributed by atoms with Crippen LogP contribution in [0.3, 0.4) is 0 Å². The van der Waals surface area contributed by atoms with Gasteiger partial charge in [0.1, 0.15) is 11.3 Å². The predicted molar refractivity (Wildman–Crippen MR) is 102 cm³/mol. The first-order chi connectivity index (χ1) is 13.8. The Morgan fingerprint density at radius 3 is 2.72 bits per heavy atom. The van der Waals surface area contributed by atoms with Crippen LogP contribution in [0.15, 0.2) is 42.5 Å². The van der Waals surface area contributed by atoms with Crippen molar-refractivity contribution in [1.82, 2.24) is 4.98 Å². The summed E-state index contributed by atoms with van der Waals surface area (Å²) in [7, 11) is 0. The number of nitrogens with zero attached hydrogens (tertiary/aromatic N) is 2. The second-order valence-corrected chi connectivity index (χ2v) is 7.72. The Kier molecular flexibility index (Phi) is 5.26. The molecule has 0 N–H and O–H groups in total. The van der Waals surface area contributed by atoms with Gasteiger partial charge in [0.05, 0.1) is 22.9 Å². The van der Waals surface area contributed by atoms with Gasteiger partial charge >= 0.3 is 6.18 Å². The monoisotopic (exact) mass is 424 g/mol. The third kappa shape index (κ3) is 4.11. The summed E-state index contributed by atoms with van der Waals surface area (Å²) in [6, 6.07) is 8.74. The number of anilines is 1. The van der Waals surface area contributed by atoms with Crippen molar-refractivity contribution in [3.8, 4) is 0 Å². The smallest absolute Gasteiger partial charge is 0.376 e. The van der Waals surface area contributed by atoms with E-state index in [2.05, 4.69) is 4.98 Å². The summed E-state index contributed by atoms with van der Waals surface area (Å²) in [6.45, 7) is 0.696. The van der Waals surface area contributed by atoms with Crippen molar-refractivity contribution in [1.29, 1.82) is 0 Å². The second-order valence-electron chi connectivity index (χ2n) is 6.71. The molecular formula is C20H16F4N2O2S. The van der Waals surface area contributed by atoms with Crippen LogP contribution < -0.4 is 4.90 Å². The van der Waals surface area contributed by atoms with Gasteiger partial charge < -0.3 is 4.74 Å². The molecule has 1 aromatic heterocycles. The standard InChI is InChI=1S/C20H16F4N2O2S/c21-15-7-2-8-16-17(15)25-19(29-16)26(11-14-6-3-9-28-14)18(27)12-4-1-5-13(10-12)20(22,23)24/h1-2,4-5,7-8,10,14H,3,6,9,11H2. The molecule has 3 aromatic rings. The van der Waals surface area contributed by atoms with Gasteiger partial charge in [-0.05, 0) is 43.2 Å². The number of hydrogen-bond donors (Lipinski definition) is 0. The van der Waals surface area contributed by atoms with Gasteiger partial charge in [0.25, 0.3) is 5.91 Å². The molecule has 1 fully saturated rings. The summed E-state index contributed by atoms with van der Waals surface area (Å²) in [5.74, 6) is -1.15. The van der Waals surface area contributed by atoms with Crippen molar-refractivity contribution >= 4 is 32.6 Å². The maximum absolute atomic E-state index is 14.1. The highest BCUT2D eigenvalue weighted by atomic mass is 32.1. The molecule has 0 aliphatic carbocycles. The normalized spacial score (nSPS) is 17.0. The molecule has 1 amide bonds. The molecule has 152 valence electrons. The molecule has 9 heteroatoms. The molecule has 0 spiro atoms. The molecule has 4 rings (SSSR count). The van der Waals surface area contributed by atoms with Crippen LogP contribution >= 0.6 is 11.3 Å². The van der Waals surface area contributed by atoms with Crippen LogP contribution in [-0.4, -0.2) is 30.1 Å². The number of thiazole rings is 1. The average Bonchev–Trinajstić information content (AvgIpc) is 3.35. The number of fused-ring (bicyclic) bond motifs is 1. The first-order valence-electron chi connectivity index (χ1n) is 8.99. The molecule has 1 aliphatic rings. The van der Waals surface area contributed by atoms with Crippen LogP contribution in [0.2, 0.25) is 0 Å². The summed E-state index contributed by atoms with van der Waals surface area (Å²) in [5, 5.41) is 0.225. The molecule has 1 atom stereocenters. The van der Waals surface area contributed by atoms with Crippen LogP contribution in [0, 0.1) is 5.82 Å². The lowest BCUT2D eigenvalue weighted by atomic mass is 10.1. The fraction of sp³-hybridized carbons (Fsp3) is 0.300. The van der Waals surface area contributed by atoms with E-state index in [9.17, 15) is 22.4 Å². The summed E-state index contributed by atoms with van der Waals surface area (Å²) >= 11 is 1.11. The zero-order chi connectivity index (χ0) is 20.6. The van der Waals surface area contributed by atoms with Crippen LogP contribution in [0.4, 0.5) is 22.7 Å². The molecular weight excluding hydrogens is 408 g/mol. The molecule has 2 aromatic carbocycles. The van der Waals surface area contributed by atoms with E-state index in [0.717, 1.165) is 36.3 Å². The molecule has 1 aliphatic heterocycles. The summed E-state index contributed by atoms with van der Waals surface area (Å²) < 4.78 is 59.4. The SMILES string of the molecule is O=C(c1cccc(C(F)(F)F)c1)N(CC1CCCO1)c1nc2c(F)cccc2s1. The molecule has 1 unspecified atom stereocenters. The highest BCUT2D eigenvalue weighted by Gasteiger charge is 2.32. The minimum absolute atomic E-state index is 0.113. The number of hydrogen-bond acceptors (Lipinski definition) is 4. The van der Waals surface area contributed by atoms with Crippen molar-refractivity contribution in [3.63, 3.8) is 0 Å². The van der Waals surface area contributed by atoms with Gasteiger partial charge in [-0.3, -0.25) is 9.69 Å². The molecule has 4 nitrogen and oxygen atoms in total. The topological polar surface area (TPSA) is 42.4 Å². The fourth-order valence-electron chi connectivity index (χ4n) is 3.24. The van der Waals surface area contributed by atoms with Crippen LogP contribution in [0.25, 0.3) is 10.2 Å². The van der Waals surface area contributed by atoms with E-state index < -0.39 is 23.5 Å². The van der Waals surface area contributed by atoms with Crippen molar-refractivity contribution in [3.05, 3.63) is 59.4 Å². The number of aromatic nitrogens is 1. The lowest BCUT2D eigenvalue weighted by Gasteiger charge is -2.23. The van der Waals surface area contributed by atoms with Crippen molar-refractivity contribution in [2.45, 2.75) is 25.1 Å². The molecule has 0 radical (unpaired) electrons. The van der Waals surface area contributed by atoms with Crippen molar-refractivity contribution in [2.75, 3.05) is 18.1 Å². The Balaban J connectivity index is 1.73. The predicted octanol–water partition coefficient (Wildman–Crippen LogP) is 5.28. The highest BCUT2D eigenvalue weighted by molar-refractivity contribution is 7.22.